The highest BCUT2D eigenvalue weighted by Gasteiger charge is 2.24. The standard InChI is InChI=1S/C21H19N3O6S/c1-11-16-19(22-14-4-3-9-24(14)20(16)27)31-17(11)21(28)30-10-15(25)23-18(26)12-5-7-13(29-2)8-6-12/h5-8H,3-4,9-10H2,1-2H3,(H,23,25,26). The molecular formula is C21H19N3O6S. The van der Waals surface area contributed by atoms with Crippen LogP contribution < -0.4 is 15.6 Å². The van der Waals surface area contributed by atoms with Gasteiger partial charge in [0.25, 0.3) is 17.4 Å². The van der Waals surface area contributed by atoms with Gasteiger partial charge in [0, 0.05) is 18.5 Å². The smallest absolute Gasteiger partial charge is 0.349 e. The van der Waals surface area contributed by atoms with Gasteiger partial charge in [-0.15, -0.1) is 11.3 Å². The van der Waals surface area contributed by atoms with Crippen LogP contribution in [-0.2, 0) is 22.5 Å². The van der Waals surface area contributed by atoms with E-state index in [1.807, 2.05) is 0 Å². The van der Waals surface area contributed by atoms with Crippen LogP contribution in [0.1, 0.15) is 37.8 Å². The van der Waals surface area contributed by atoms with Crippen LogP contribution in [0.2, 0.25) is 0 Å². The summed E-state index contributed by atoms with van der Waals surface area (Å²) in [6, 6.07) is 6.21. The molecule has 9 nitrogen and oxygen atoms in total. The van der Waals surface area contributed by atoms with E-state index in [0.29, 0.717) is 28.1 Å². The molecule has 0 fully saturated rings. The number of nitrogens with zero attached hydrogens (tertiary/aromatic N) is 2. The van der Waals surface area contributed by atoms with Crippen LogP contribution in [-0.4, -0.2) is 41.1 Å². The molecule has 0 bridgehead atoms. The third kappa shape index (κ3) is 3.93. The maximum absolute atomic E-state index is 12.7. The molecule has 3 heterocycles. The van der Waals surface area contributed by atoms with Crippen molar-refractivity contribution in [1.82, 2.24) is 14.9 Å². The number of carbonyl (C=O) groups excluding carboxylic acids is 3. The maximum Gasteiger partial charge on any atom is 0.349 e. The zero-order valence-corrected chi connectivity index (χ0v) is 17.7. The fraction of sp³-hybridized carbons (Fsp3) is 0.286. The molecule has 160 valence electrons. The lowest BCUT2D eigenvalue weighted by atomic mass is 10.2. The number of imide groups is 1. The molecule has 1 aliphatic heterocycles. The van der Waals surface area contributed by atoms with Crippen LogP contribution in [0.25, 0.3) is 10.2 Å². The van der Waals surface area contributed by atoms with Crippen molar-refractivity contribution in [1.29, 1.82) is 0 Å². The molecule has 1 N–H and O–H groups in total. The summed E-state index contributed by atoms with van der Waals surface area (Å²) in [5.41, 5.74) is 0.591. The summed E-state index contributed by atoms with van der Waals surface area (Å²) in [4.78, 5) is 54.6. The van der Waals surface area contributed by atoms with E-state index in [1.54, 1.807) is 23.6 Å². The average Bonchev–Trinajstić information content (AvgIpc) is 3.37. The summed E-state index contributed by atoms with van der Waals surface area (Å²) in [7, 11) is 1.50. The van der Waals surface area contributed by atoms with Gasteiger partial charge in [0.2, 0.25) is 0 Å². The molecule has 1 aromatic carbocycles. The van der Waals surface area contributed by atoms with Crippen molar-refractivity contribution < 1.29 is 23.9 Å². The lowest BCUT2D eigenvalue weighted by molar-refractivity contribution is -0.123. The Balaban J connectivity index is 1.42. The highest BCUT2D eigenvalue weighted by molar-refractivity contribution is 7.20. The third-order valence-corrected chi connectivity index (χ3v) is 6.20. The first kappa shape index (κ1) is 20.7. The number of rotatable bonds is 5. The summed E-state index contributed by atoms with van der Waals surface area (Å²) in [5.74, 6) is -0.819. The Hall–Kier alpha value is -3.53. The number of aromatic nitrogens is 2. The molecule has 1 aliphatic rings. The summed E-state index contributed by atoms with van der Waals surface area (Å²) >= 11 is 1.07. The molecular weight excluding hydrogens is 422 g/mol. The Morgan fingerprint density at radius 2 is 1.97 bits per heavy atom. The predicted molar refractivity (Wildman–Crippen MR) is 113 cm³/mol. The number of nitrogens with one attached hydrogen (secondary N) is 1. The van der Waals surface area contributed by atoms with Gasteiger partial charge in [-0.05, 0) is 43.2 Å². The summed E-state index contributed by atoms with van der Waals surface area (Å²) < 4.78 is 11.7. The second kappa shape index (κ2) is 8.31. The molecule has 0 saturated heterocycles. The highest BCUT2D eigenvalue weighted by atomic mass is 32.1. The SMILES string of the molecule is COc1ccc(C(=O)NC(=O)COC(=O)c2sc3nc4n(c(=O)c3c2C)CCC4)cc1. The number of amides is 2. The molecule has 2 aromatic heterocycles. The van der Waals surface area contributed by atoms with E-state index in [0.717, 1.165) is 30.0 Å². The third-order valence-electron chi connectivity index (χ3n) is 5.04. The number of esters is 1. The fourth-order valence-corrected chi connectivity index (χ4v) is 4.53. The molecule has 0 atom stereocenters. The van der Waals surface area contributed by atoms with Gasteiger partial charge in [0.1, 0.15) is 21.3 Å². The molecule has 10 heteroatoms. The summed E-state index contributed by atoms with van der Waals surface area (Å²) in [6.45, 7) is 1.65. The van der Waals surface area contributed by atoms with Crippen LogP contribution in [0.3, 0.4) is 0 Å². The second-order valence-corrected chi connectivity index (χ2v) is 8.01. The molecule has 4 rings (SSSR count). The number of methoxy groups -OCH3 is 1. The van der Waals surface area contributed by atoms with Crippen molar-refractivity contribution in [3.05, 3.63) is 56.4 Å². The van der Waals surface area contributed by atoms with Gasteiger partial charge in [-0.3, -0.25) is 24.3 Å². The summed E-state index contributed by atoms with van der Waals surface area (Å²) in [5, 5.41) is 2.57. The largest absolute Gasteiger partial charge is 0.497 e. The van der Waals surface area contributed by atoms with E-state index in [9.17, 15) is 19.2 Å². The van der Waals surface area contributed by atoms with Crippen molar-refractivity contribution in [2.24, 2.45) is 0 Å². The monoisotopic (exact) mass is 441 g/mol. The quantitative estimate of drug-likeness (QED) is 0.601. The minimum atomic E-state index is -0.759. The number of hydrogen-bond donors (Lipinski definition) is 1. The zero-order chi connectivity index (χ0) is 22.1. The Morgan fingerprint density at radius 1 is 1.23 bits per heavy atom. The van der Waals surface area contributed by atoms with Gasteiger partial charge in [-0.25, -0.2) is 9.78 Å². The van der Waals surface area contributed by atoms with Crippen molar-refractivity contribution in [3.8, 4) is 5.75 Å². The molecule has 0 spiro atoms. The van der Waals surface area contributed by atoms with E-state index in [2.05, 4.69) is 10.3 Å². The summed E-state index contributed by atoms with van der Waals surface area (Å²) in [6.07, 6.45) is 1.60. The Bertz CT molecular complexity index is 1260. The molecule has 0 unspecified atom stereocenters. The minimum absolute atomic E-state index is 0.159. The Kier molecular flexibility index (Phi) is 5.55. The van der Waals surface area contributed by atoms with Gasteiger partial charge in [0.15, 0.2) is 6.61 Å². The Labute approximate surface area is 180 Å². The molecule has 3 aromatic rings. The van der Waals surface area contributed by atoms with Crippen molar-refractivity contribution >= 4 is 39.3 Å². The topological polar surface area (TPSA) is 117 Å². The predicted octanol–water partition coefficient (Wildman–Crippen LogP) is 1.83. The van der Waals surface area contributed by atoms with Gasteiger partial charge in [-0.1, -0.05) is 0 Å². The number of fused-ring (bicyclic) bond motifs is 2. The molecule has 31 heavy (non-hydrogen) atoms. The first-order valence-electron chi connectivity index (χ1n) is 9.57. The number of ether oxygens (including phenoxy) is 2. The van der Waals surface area contributed by atoms with Gasteiger partial charge < -0.3 is 9.47 Å². The van der Waals surface area contributed by atoms with Gasteiger partial charge >= 0.3 is 5.97 Å². The zero-order valence-electron chi connectivity index (χ0n) is 16.9. The lowest BCUT2D eigenvalue weighted by Gasteiger charge is -2.06. The highest BCUT2D eigenvalue weighted by Crippen LogP contribution is 2.29. The van der Waals surface area contributed by atoms with E-state index in [-0.39, 0.29) is 16.0 Å². The van der Waals surface area contributed by atoms with E-state index in [4.69, 9.17) is 9.47 Å². The van der Waals surface area contributed by atoms with Crippen molar-refractivity contribution in [2.75, 3.05) is 13.7 Å². The lowest BCUT2D eigenvalue weighted by Crippen LogP contribution is -2.34. The maximum atomic E-state index is 12.7. The fourth-order valence-electron chi connectivity index (χ4n) is 3.44. The van der Waals surface area contributed by atoms with Crippen molar-refractivity contribution in [2.45, 2.75) is 26.3 Å². The van der Waals surface area contributed by atoms with Crippen molar-refractivity contribution in [3.63, 3.8) is 0 Å². The van der Waals surface area contributed by atoms with E-state index >= 15 is 0 Å². The van der Waals surface area contributed by atoms with Crippen LogP contribution >= 0.6 is 11.3 Å². The molecule has 0 saturated carbocycles. The number of aryl methyl sites for hydroxylation is 2. The van der Waals surface area contributed by atoms with E-state index < -0.39 is 24.4 Å². The van der Waals surface area contributed by atoms with Crippen LogP contribution in [0, 0.1) is 6.92 Å². The van der Waals surface area contributed by atoms with E-state index in [1.165, 1.54) is 19.2 Å². The van der Waals surface area contributed by atoms with Crippen LogP contribution in [0.4, 0.5) is 0 Å². The van der Waals surface area contributed by atoms with Gasteiger partial charge in [0.05, 0.1) is 12.5 Å². The van der Waals surface area contributed by atoms with Crippen LogP contribution in [0.5, 0.6) is 5.75 Å². The minimum Gasteiger partial charge on any atom is -0.497 e. The first-order chi connectivity index (χ1) is 14.9. The van der Waals surface area contributed by atoms with Crippen LogP contribution in [0.15, 0.2) is 29.1 Å². The molecule has 0 radical (unpaired) electrons. The molecule has 0 aliphatic carbocycles. The average molecular weight is 441 g/mol. The van der Waals surface area contributed by atoms with Gasteiger partial charge in [-0.2, -0.15) is 0 Å². The normalized spacial score (nSPS) is 12.5. The number of benzene rings is 1. The number of carbonyl (C=O) groups is 3. The molecule has 2 amide bonds. The Morgan fingerprint density at radius 3 is 2.68 bits per heavy atom. The first-order valence-corrected chi connectivity index (χ1v) is 10.4. The second-order valence-electron chi connectivity index (χ2n) is 7.01. The number of hydrogen-bond acceptors (Lipinski definition) is 8. The number of thiophene rings is 1.